The molecule has 0 unspecified atom stereocenters. The van der Waals surface area contributed by atoms with Crippen LogP contribution in [0.1, 0.15) is 17.0 Å². The number of rotatable bonds is 4. The lowest BCUT2D eigenvalue weighted by Gasteiger charge is -2.07. The topological polar surface area (TPSA) is 61.0 Å². The molecule has 0 saturated carbocycles. The summed E-state index contributed by atoms with van der Waals surface area (Å²) in [5, 5.41) is 0. The van der Waals surface area contributed by atoms with Crippen molar-refractivity contribution in [1.82, 2.24) is 9.97 Å². The van der Waals surface area contributed by atoms with E-state index >= 15 is 0 Å². The zero-order chi connectivity index (χ0) is 13.8. The van der Waals surface area contributed by atoms with E-state index in [1.807, 2.05) is 0 Å². The molecule has 6 heteroatoms. The number of aromatic nitrogens is 2. The van der Waals surface area contributed by atoms with Gasteiger partial charge in [-0.05, 0) is 19.1 Å². The number of ether oxygens (including phenoxy) is 1. The van der Waals surface area contributed by atoms with Crippen LogP contribution in [-0.4, -0.2) is 15.0 Å². The molecule has 0 atom stereocenters. The first-order valence-corrected chi connectivity index (χ1v) is 5.99. The van der Waals surface area contributed by atoms with E-state index in [1.54, 1.807) is 31.2 Å². The fourth-order valence-electron chi connectivity index (χ4n) is 1.49. The molecule has 2 aromatic rings. The summed E-state index contributed by atoms with van der Waals surface area (Å²) in [5.74, 6) is -0.329. The third-order valence-corrected chi connectivity index (χ3v) is 2.61. The third kappa shape index (κ3) is 3.45. The summed E-state index contributed by atoms with van der Waals surface area (Å²) in [6.45, 7) is 1.83. The molecule has 1 heterocycles. The monoisotopic (exact) mass is 277 g/mol. The van der Waals surface area contributed by atoms with Gasteiger partial charge in [0.1, 0.15) is 23.1 Å². The molecule has 0 saturated heterocycles. The summed E-state index contributed by atoms with van der Waals surface area (Å²) < 4.78 is 18.8. The standard InChI is InChI=1S/C13H12FN3OS/c1-8-6-11(12(15)19)17-13(16-8)18-7-9-4-2-3-5-10(9)14/h2-6H,7H2,1H3,(H2,15,19). The highest BCUT2D eigenvalue weighted by Crippen LogP contribution is 2.12. The Morgan fingerprint density at radius 2 is 2.11 bits per heavy atom. The summed E-state index contributed by atoms with van der Waals surface area (Å²) >= 11 is 4.85. The Hall–Kier alpha value is -2.08. The summed E-state index contributed by atoms with van der Waals surface area (Å²) in [7, 11) is 0. The first-order valence-electron chi connectivity index (χ1n) is 5.58. The van der Waals surface area contributed by atoms with Gasteiger partial charge in [-0.15, -0.1) is 0 Å². The van der Waals surface area contributed by atoms with Gasteiger partial charge in [0.05, 0.1) is 0 Å². The van der Waals surface area contributed by atoms with Gasteiger partial charge < -0.3 is 10.5 Å². The van der Waals surface area contributed by atoms with E-state index in [9.17, 15) is 4.39 Å². The van der Waals surface area contributed by atoms with Crippen molar-refractivity contribution in [2.75, 3.05) is 0 Å². The molecule has 0 aliphatic heterocycles. The fraction of sp³-hybridized carbons (Fsp3) is 0.154. The molecule has 1 aromatic carbocycles. The summed E-state index contributed by atoms with van der Waals surface area (Å²) in [6.07, 6.45) is 0. The van der Waals surface area contributed by atoms with Crippen molar-refractivity contribution in [2.24, 2.45) is 5.73 Å². The Labute approximate surface area is 115 Å². The summed E-state index contributed by atoms with van der Waals surface area (Å²) in [4.78, 5) is 8.31. The second-order valence-electron chi connectivity index (χ2n) is 3.92. The smallest absolute Gasteiger partial charge is 0.317 e. The first kappa shape index (κ1) is 13.4. The van der Waals surface area contributed by atoms with Crippen molar-refractivity contribution < 1.29 is 9.13 Å². The van der Waals surface area contributed by atoms with Crippen LogP contribution >= 0.6 is 12.2 Å². The first-order chi connectivity index (χ1) is 9.06. The van der Waals surface area contributed by atoms with Gasteiger partial charge in [-0.25, -0.2) is 9.37 Å². The van der Waals surface area contributed by atoms with E-state index in [1.165, 1.54) is 6.07 Å². The van der Waals surface area contributed by atoms with Crippen molar-refractivity contribution in [3.8, 4) is 6.01 Å². The van der Waals surface area contributed by atoms with Crippen LogP contribution in [0.25, 0.3) is 0 Å². The molecule has 98 valence electrons. The Bertz CT molecular complexity index is 619. The molecule has 0 aliphatic rings. The zero-order valence-electron chi connectivity index (χ0n) is 10.3. The summed E-state index contributed by atoms with van der Waals surface area (Å²) in [6, 6.07) is 8.16. The molecular formula is C13H12FN3OS. The Morgan fingerprint density at radius 1 is 1.37 bits per heavy atom. The minimum absolute atomic E-state index is 0.0485. The van der Waals surface area contributed by atoms with E-state index in [0.29, 0.717) is 17.0 Å². The molecular weight excluding hydrogens is 265 g/mol. The van der Waals surface area contributed by atoms with E-state index in [0.717, 1.165) is 0 Å². The maximum absolute atomic E-state index is 13.4. The predicted octanol–water partition coefficient (Wildman–Crippen LogP) is 2.14. The minimum atomic E-state index is -0.329. The van der Waals surface area contributed by atoms with E-state index < -0.39 is 0 Å². The lowest BCUT2D eigenvalue weighted by Crippen LogP contribution is -2.13. The largest absolute Gasteiger partial charge is 0.458 e. The third-order valence-electron chi connectivity index (χ3n) is 2.40. The van der Waals surface area contributed by atoms with E-state index in [2.05, 4.69) is 9.97 Å². The Kier molecular flexibility index (Phi) is 4.01. The molecule has 0 fully saturated rings. The van der Waals surface area contributed by atoms with Crippen molar-refractivity contribution in [3.63, 3.8) is 0 Å². The van der Waals surface area contributed by atoms with Crippen LogP contribution in [0.3, 0.4) is 0 Å². The van der Waals surface area contributed by atoms with Gasteiger partial charge in [0.2, 0.25) is 0 Å². The number of aryl methyl sites for hydroxylation is 1. The highest BCUT2D eigenvalue weighted by Gasteiger charge is 2.07. The zero-order valence-corrected chi connectivity index (χ0v) is 11.1. The summed E-state index contributed by atoms with van der Waals surface area (Å²) in [5.41, 5.74) is 7.06. The number of hydrogen-bond acceptors (Lipinski definition) is 4. The number of nitrogens with zero attached hydrogens (tertiary/aromatic N) is 2. The van der Waals surface area contributed by atoms with Gasteiger partial charge in [-0.3, -0.25) is 0 Å². The van der Waals surface area contributed by atoms with Crippen LogP contribution in [-0.2, 0) is 6.61 Å². The molecule has 19 heavy (non-hydrogen) atoms. The van der Waals surface area contributed by atoms with Gasteiger partial charge >= 0.3 is 6.01 Å². The van der Waals surface area contributed by atoms with Crippen molar-refractivity contribution >= 4 is 17.2 Å². The average molecular weight is 277 g/mol. The van der Waals surface area contributed by atoms with Crippen LogP contribution in [0.2, 0.25) is 0 Å². The Morgan fingerprint density at radius 3 is 2.79 bits per heavy atom. The van der Waals surface area contributed by atoms with Gasteiger partial charge in [0, 0.05) is 11.3 Å². The fourth-order valence-corrected chi connectivity index (χ4v) is 1.59. The molecule has 0 radical (unpaired) electrons. The molecule has 0 spiro atoms. The number of thiocarbonyl (C=S) groups is 1. The molecule has 0 aliphatic carbocycles. The van der Waals surface area contributed by atoms with Crippen molar-refractivity contribution in [2.45, 2.75) is 13.5 Å². The normalized spacial score (nSPS) is 10.2. The molecule has 2 rings (SSSR count). The molecule has 0 bridgehead atoms. The van der Waals surface area contributed by atoms with Gasteiger partial charge in [-0.2, -0.15) is 4.98 Å². The number of benzene rings is 1. The molecule has 4 nitrogen and oxygen atoms in total. The second-order valence-corrected chi connectivity index (χ2v) is 4.36. The maximum atomic E-state index is 13.4. The number of hydrogen-bond donors (Lipinski definition) is 1. The maximum Gasteiger partial charge on any atom is 0.317 e. The van der Waals surface area contributed by atoms with E-state index in [-0.39, 0.29) is 23.4 Å². The molecule has 1 aromatic heterocycles. The SMILES string of the molecule is Cc1cc(C(N)=S)nc(OCc2ccccc2F)n1. The molecule has 2 N–H and O–H groups in total. The predicted molar refractivity (Wildman–Crippen MR) is 73.4 cm³/mol. The average Bonchev–Trinajstić information content (AvgIpc) is 2.37. The Balaban J connectivity index is 2.16. The van der Waals surface area contributed by atoms with Crippen molar-refractivity contribution in [1.29, 1.82) is 0 Å². The highest BCUT2D eigenvalue weighted by atomic mass is 32.1. The minimum Gasteiger partial charge on any atom is -0.458 e. The van der Waals surface area contributed by atoms with Gasteiger partial charge in [0.15, 0.2) is 0 Å². The number of nitrogens with two attached hydrogens (primary N) is 1. The van der Waals surface area contributed by atoms with Crippen LogP contribution in [0, 0.1) is 12.7 Å². The van der Waals surface area contributed by atoms with Gasteiger partial charge in [-0.1, -0.05) is 30.4 Å². The number of halogens is 1. The highest BCUT2D eigenvalue weighted by molar-refractivity contribution is 7.80. The van der Waals surface area contributed by atoms with Gasteiger partial charge in [0.25, 0.3) is 0 Å². The van der Waals surface area contributed by atoms with Crippen LogP contribution in [0.4, 0.5) is 4.39 Å². The lowest BCUT2D eigenvalue weighted by atomic mass is 10.2. The van der Waals surface area contributed by atoms with Crippen LogP contribution in [0.15, 0.2) is 30.3 Å². The lowest BCUT2D eigenvalue weighted by molar-refractivity contribution is 0.274. The molecule has 0 amide bonds. The van der Waals surface area contributed by atoms with E-state index in [4.69, 9.17) is 22.7 Å². The van der Waals surface area contributed by atoms with Crippen LogP contribution in [0.5, 0.6) is 6.01 Å². The van der Waals surface area contributed by atoms with Crippen LogP contribution < -0.4 is 10.5 Å². The van der Waals surface area contributed by atoms with Crippen molar-refractivity contribution in [3.05, 3.63) is 53.1 Å². The quantitative estimate of drug-likeness (QED) is 0.868. The second kappa shape index (κ2) is 5.71.